The molecule has 1 unspecified atom stereocenters. The number of aliphatic hydroxyl groups excluding tert-OH is 2. The van der Waals surface area contributed by atoms with Crippen LogP contribution in [0.2, 0.25) is 0 Å². The summed E-state index contributed by atoms with van der Waals surface area (Å²) >= 11 is 0. The van der Waals surface area contributed by atoms with E-state index >= 15 is 0 Å². The molecule has 0 aliphatic carbocycles. The van der Waals surface area contributed by atoms with Gasteiger partial charge in [0, 0.05) is 20.1 Å². The van der Waals surface area contributed by atoms with Crippen molar-refractivity contribution in [1.29, 1.82) is 0 Å². The topological polar surface area (TPSA) is 76.0 Å². The van der Waals surface area contributed by atoms with Gasteiger partial charge in [-0.2, -0.15) is 0 Å². The monoisotopic (exact) mass is 252 g/mol. The zero-order chi connectivity index (χ0) is 14.3. The van der Waals surface area contributed by atoms with Crippen LogP contribution in [0.1, 0.15) is 41.5 Å². The number of aliphatic hydroxyl groups is 2. The van der Waals surface area contributed by atoms with E-state index in [1.807, 2.05) is 27.7 Å². The predicted molar refractivity (Wildman–Crippen MR) is 67.8 cm³/mol. The van der Waals surface area contributed by atoms with Crippen molar-refractivity contribution in [3.63, 3.8) is 0 Å². The lowest BCUT2D eigenvalue weighted by atomic mass is 10.5. The summed E-state index contributed by atoms with van der Waals surface area (Å²) < 4.78 is 9.44. The quantitative estimate of drug-likeness (QED) is 0.739. The predicted octanol–water partition coefficient (Wildman–Crippen LogP) is 1.36. The Hall–Kier alpha value is -0.650. The molecule has 0 aliphatic rings. The number of hydrogen-bond acceptors (Lipinski definition) is 5. The van der Waals surface area contributed by atoms with E-state index in [-0.39, 0.29) is 18.7 Å². The first-order valence-corrected chi connectivity index (χ1v) is 5.85. The first-order valence-electron chi connectivity index (χ1n) is 5.85. The van der Waals surface area contributed by atoms with Crippen molar-refractivity contribution in [2.75, 3.05) is 19.8 Å². The van der Waals surface area contributed by atoms with Gasteiger partial charge in [-0.15, -0.1) is 0 Å². The average molecular weight is 252 g/mol. The van der Waals surface area contributed by atoms with Crippen LogP contribution in [-0.2, 0) is 14.3 Å². The molecule has 0 bridgehead atoms. The third-order valence-corrected chi connectivity index (χ3v) is 1.07. The van der Waals surface area contributed by atoms with Crippen LogP contribution >= 0.6 is 0 Å². The van der Waals surface area contributed by atoms with Gasteiger partial charge < -0.3 is 19.7 Å². The van der Waals surface area contributed by atoms with E-state index in [1.54, 1.807) is 0 Å². The number of ether oxygens (including phenoxy) is 2. The Morgan fingerprint density at radius 1 is 1.18 bits per heavy atom. The Balaban J connectivity index is -0.000000177. The fourth-order valence-electron chi connectivity index (χ4n) is 0.536. The summed E-state index contributed by atoms with van der Waals surface area (Å²) in [6.07, 6.45) is -0.535. The zero-order valence-corrected chi connectivity index (χ0v) is 11.9. The van der Waals surface area contributed by atoms with E-state index in [4.69, 9.17) is 14.9 Å². The van der Waals surface area contributed by atoms with Crippen LogP contribution in [0.5, 0.6) is 0 Å². The lowest BCUT2D eigenvalue weighted by Gasteiger charge is -2.01. The molecule has 0 aliphatic heterocycles. The number of hydrogen-bond donors (Lipinski definition) is 2. The maximum atomic E-state index is 10.0. The van der Waals surface area contributed by atoms with Crippen LogP contribution in [-0.4, -0.2) is 48.2 Å². The van der Waals surface area contributed by atoms with E-state index in [0.717, 1.165) is 13.2 Å². The van der Waals surface area contributed by atoms with E-state index in [9.17, 15) is 4.79 Å². The maximum absolute atomic E-state index is 10.0. The Morgan fingerprint density at radius 3 is 1.53 bits per heavy atom. The molecule has 0 aromatic rings. The normalized spacial score (nSPS) is 10.6. The van der Waals surface area contributed by atoms with Crippen molar-refractivity contribution in [1.82, 2.24) is 0 Å². The molecule has 0 amide bonds. The Morgan fingerprint density at radius 2 is 1.53 bits per heavy atom. The SMILES string of the molecule is CC(=O)OC(C)C.CC(O)CO.CCOCC. The van der Waals surface area contributed by atoms with Gasteiger partial charge >= 0.3 is 5.97 Å². The molecule has 0 aromatic carbocycles. The molecule has 5 heteroatoms. The summed E-state index contributed by atoms with van der Waals surface area (Å²) in [5.74, 6) is -0.213. The molecule has 0 heterocycles. The number of carbonyl (C=O) groups is 1. The van der Waals surface area contributed by atoms with Gasteiger partial charge in [0.2, 0.25) is 0 Å². The summed E-state index contributed by atoms with van der Waals surface area (Å²) in [6, 6.07) is 0. The molecule has 0 radical (unpaired) electrons. The van der Waals surface area contributed by atoms with Gasteiger partial charge in [-0.05, 0) is 34.6 Å². The van der Waals surface area contributed by atoms with Crippen LogP contribution in [0.25, 0.3) is 0 Å². The molecule has 0 fully saturated rings. The van der Waals surface area contributed by atoms with Gasteiger partial charge in [-0.25, -0.2) is 0 Å². The van der Waals surface area contributed by atoms with Crippen LogP contribution in [0.4, 0.5) is 0 Å². The highest BCUT2D eigenvalue weighted by molar-refractivity contribution is 5.66. The molecule has 0 saturated carbocycles. The average Bonchev–Trinajstić information content (AvgIpc) is 2.18. The molecule has 0 aromatic heterocycles. The fourth-order valence-corrected chi connectivity index (χ4v) is 0.536. The highest BCUT2D eigenvalue weighted by Crippen LogP contribution is 1.85. The van der Waals surface area contributed by atoms with Crippen LogP contribution < -0.4 is 0 Å². The van der Waals surface area contributed by atoms with Crippen molar-refractivity contribution in [2.24, 2.45) is 0 Å². The third-order valence-electron chi connectivity index (χ3n) is 1.07. The van der Waals surface area contributed by atoms with Gasteiger partial charge in [-0.3, -0.25) is 4.79 Å². The molecule has 106 valence electrons. The van der Waals surface area contributed by atoms with Gasteiger partial charge in [0.1, 0.15) is 0 Å². The summed E-state index contributed by atoms with van der Waals surface area (Å²) in [7, 11) is 0. The van der Waals surface area contributed by atoms with E-state index in [1.165, 1.54) is 13.8 Å². The summed E-state index contributed by atoms with van der Waals surface area (Å²) in [5.41, 5.74) is 0. The van der Waals surface area contributed by atoms with Gasteiger partial charge in [0.05, 0.1) is 18.8 Å². The Labute approximate surface area is 105 Å². The standard InChI is InChI=1S/C5H10O2.C4H10O.C3H8O2/c1-4(2)7-5(3)6;1-3-5-4-2;1-3(5)2-4/h4H,1-3H3;3-4H2,1-2H3;3-5H,2H2,1H3. The lowest BCUT2D eigenvalue weighted by Crippen LogP contribution is -2.06. The van der Waals surface area contributed by atoms with Crippen molar-refractivity contribution < 1.29 is 24.5 Å². The molecule has 17 heavy (non-hydrogen) atoms. The highest BCUT2D eigenvalue weighted by atomic mass is 16.5. The van der Waals surface area contributed by atoms with Crippen LogP contribution in [0.15, 0.2) is 0 Å². The first kappa shape index (κ1) is 21.6. The van der Waals surface area contributed by atoms with Crippen molar-refractivity contribution in [3.8, 4) is 0 Å². The molecule has 5 nitrogen and oxygen atoms in total. The fraction of sp³-hybridized carbons (Fsp3) is 0.917. The molecule has 0 spiro atoms. The van der Waals surface area contributed by atoms with Gasteiger partial charge in [0.15, 0.2) is 0 Å². The van der Waals surface area contributed by atoms with E-state index < -0.39 is 6.10 Å². The minimum absolute atomic E-state index is 0.0255. The largest absolute Gasteiger partial charge is 0.463 e. The molecule has 0 saturated heterocycles. The highest BCUT2D eigenvalue weighted by Gasteiger charge is 1.93. The second-order valence-electron chi connectivity index (χ2n) is 3.47. The van der Waals surface area contributed by atoms with Crippen molar-refractivity contribution in [3.05, 3.63) is 0 Å². The van der Waals surface area contributed by atoms with Crippen molar-refractivity contribution >= 4 is 5.97 Å². The molecular formula is C12H28O5. The van der Waals surface area contributed by atoms with Gasteiger partial charge in [0.25, 0.3) is 0 Å². The lowest BCUT2D eigenvalue weighted by molar-refractivity contribution is -0.144. The first-order chi connectivity index (χ1) is 7.81. The van der Waals surface area contributed by atoms with Crippen molar-refractivity contribution in [2.45, 2.75) is 53.8 Å². The number of esters is 1. The van der Waals surface area contributed by atoms with E-state index in [2.05, 4.69) is 4.74 Å². The number of rotatable bonds is 4. The second-order valence-corrected chi connectivity index (χ2v) is 3.47. The van der Waals surface area contributed by atoms with Crippen LogP contribution in [0, 0.1) is 0 Å². The molecule has 1 atom stereocenters. The zero-order valence-electron chi connectivity index (χ0n) is 11.9. The molecule has 2 N–H and O–H groups in total. The molecule has 0 rings (SSSR count). The minimum Gasteiger partial charge on any atom is -0.463 e. The van der Waals surface area contributed by atoms with Gasteiger partial charge in [-0.1, -0.05) is 0 Å². The third kappa shape index (κ3) is 50.6. The smallest absolute Gasteiger partial charge is 0.302 e. The summed E-state index contributed by atoms with van der Waals surface area (Å²) in [6.45, 7) is 12.1. The minimum atomic E-state index is -0.560. The summed E-state index contributed by atoms with van der Waals surface area (Å²) in [4.78, 5) is 10.0. The van der Waals surface area contributed by atoms with E-state index in [0.29, 0.717) is 0 Å². The second kappa shape index (κ2) is 17.7. The summed E-state index contributed by atoms with van der Waals surface area (Å²) in [5, 5.41) is 16.0. The molecular weight excluding hydrogens is 224 g/mol. The number of carbonyl (C=O) groups excluding carboxylic acids is 1. The maximum Gasteiger partial charge on any atom is 0.302 e. The van der Waals surface area contributed by atoms with Crippen LogP contribution in [0.3, 0.4) is 0 Å². The Kier molecular flexibility index (Phi) is 22.6. The Bertz CT molecular complexity index is 144.